The number of amides is 1. The van der Waals surface area contributed by atoms with Crippen LogP contribution in [0.15, 0.2) is 17.6 Å². The monoisotopic (exact) mass is 253 g/mol. The van der Waals surface area contributed by atoms with Gasteiger partial charge in [-0.1, -0.05) is 18.7 Å². The molecule has 0 aromatic carbocycles. The van der Waals surface area contributed by atoms with E-state index in [4.69, 9.17) is 0 Å². The normalized spacial score (nSPS) is 20.6. The van der Waals surface area contributed by atoms with Gasteiger partial charge in [0.1, 0.15) is 0 Å². The summed E-state index contributed by atoms with van der Waals surface area (Å²) in [7, 11) is 1.95. The number of carbonyl (C=O) groups excluding carboxylic acids is 1. The average molecular weight is 253 g/mol. The predicted molar refractivity (Wildman–Crippen MR) is 68.9 cm³/mol. The standard InChI is InChI=1S/C12H19N3OS/c1-10-4-3-6-15(8-10)11(16)9-17-12-13-5-7-14(12)2/h5,7,10H,3-4,6,8-9H2,1-2H3/t10-/m0/s1. The van der Waals surface area contributed by atoms with Crippen molar-refractivity contribution in [2.75, 3.05) is 18.8 Å². The number of thioether (sulfide) groups is 1. The van der Waals surface area contributed by atoms with Crippen LogP contribution in [0.1, 0.15) is 19.8 Å². The summed E-state index contributed by atoms with van der Waals surface area (Å²) in [4.78, 5) is 18.2. The van der Waals surface area contributed by atoms with Gasteiger partial charge in [0.15, 0.2) is 5.16 Å². The zero-order valence-corrected chi connectivity index (χ0v) is 11.2. The molecular weight excluding hydrogens is 234 g/mol. The molecule has 0 radical (unpaired) electrons. The van der Waals surface area contributed by atoms with Crippen molar-refractivity contribution in [2.24, 2.45) is 13.0 Å². The van der Waals surface area contributed by atoms with E-state index in [0.717, 1.165) is 24.7 Å². The zero-order valence-electron chi connectivity index (χ0n) is 10.4. The summed E-state index contributed by atoms with van der Waals surface area (Å²) in [5.74, 6) is 1.38. The van der Waals surface area contributed by atoms with E-state index in [0.29, 0.717) is 11.7 Å². The van der Waals surface area contributed by atoms with Crippen molar-refractivity contribution in [1.29, 1.82) is 0 Å². The van der Waals surface area contributed by atoms with Gasteiger partial charge in [-0.05, 0) is 18.8 Å². The predicted octanol–water partition coefficient (Wildman–Crippen LogP) is 1.77. The minimum Gasteiger partial charge on any atom is -0.342 e. The number of carbonyl (C=O) groups is 1. The number of hydrogen-bond donors (Lipinski definition) is 0. The van der Waals surface area contributed by atoms with Crippen LogP contribution in [0.5, 0.6) is 0 Å². The summed E-state index contributed by atoms with van der Waals surface area (Å²) < 4.78 is 1.94. The van der Waals surface area contributed by atoms with Crippen LogP contribution in [0.3, 0.4) is 0 Å². The lowest BCUT2D eigenvalue weighted by Crippen LogP contribution is -2.40. The summed E-state index contributed by atoms with van der Waals surface area (Å²) in [6.45, 7) is 4.05. The van der Waals surface area contributed by atoms with Crippen molar-refractivity contribution in [2.45, 2.75) is 24.9 Å². The summed E-state index contributed by atoms with van der Waals surface area (Å²) in [6.07, 6.45) is 6.04. The molecule has 1 aromatic rings. The Morgan fingerprint density at radius 2 is 2.47 bits per heavy atom. The first-order chi connectivity index (χ1) is 8.16. The summed E-state index contributed by atoms with van der Waals surface area (Å²) in [5.41, 5.74) is 0. The molecule has 94 valence electrons. The van der Waals surface area contributed by atoms with Crippen LogP contribution in [0.4, 0.5) is 0 Å². The van der Waals surface area contributed by atoms with Crippen molar-refractivity contribution < 1.29 is 4.79 Å². The summed E-state index contributed by atoms with van der Waals surface area (Å²) in [6, 6.07) is 0. The molecule has 0 bridgehead atoms. The van der Waals surface area contributed by atoms with Crippen molar-refractivity contribution >= 4 is 17.7 Å². The second-order valence-corrected chi connectivity index (χ2v) is 5.64. The fraction of sp³-hybridized carbons (Fsp3) is 0.667. The molecule has 1 atom stereocenters. The van der Waals surface area contributed by atoms with Crippen molar-refractivity contribution in [3.63, 3.8) is 0 Å². The third-order valence-corrected chi connectivity index (χ3v) is 4.15. The van der Waals surface area contributed by atoms with Gasteiger partial charge in [0.25, 0.3) is 0 Å². The van der Waals surface area contributed by atoms with Crippen LogP contribution in [0.25, 0.3) is 0 Å². The number of likely N-dealkylation sites (tertiary alicyclic amines) is 1. The van der Waals surface area contributed by atoms with Gasteiger partial charge < -0.3 is 9.47 Å². The van der Waals surface area contributed by atoms with Gasteiger partial charge in [-0.25, -0.2) is 4.98 Å². The topological polar surface area (TPSA) is 38.1 Å². The Kier molecular flexibility index (Phi) is 4.10. The summed E-state index contributed by atoms with van der Waals surface area (Å²) >= 11 is 1.52. The van der Waals surface area contributed by atoms with Crippen LogP contribution < -0.4 is 0 Å². The summed E-state index contributed by atoms with van der Waals surface area (Å²) in [5, 5.41) is 0.906. The van der Waals surface area contributed by atoms with E-state index in [1.165, 1.54) is 18.2 Å². The highest BCUT2D eigenvalue weighted by Crippen LogP contribution is 2.19. The van der Waals surface area contributed by atoms with E-state index in [9.17, 15) is 4.79 Å². The SMILES string of the molecule is C[C@H]1CCCN(C(=O)CSc2nccn2C)C1. The van der Waals surface area contributed by atoms with E-state index >= 15 is 0 Å². The Balaban J connectivity index is 1.83. The maximum atomic E-state index is 12.0. The van der Waals surface area contributed by atoms with Crippen LogP contribution >= 0.6 is 11.8 Å². The van der Waals surface area contributed by atoms with Crippen molar-refractivity contribution in [3.8, 4) is 0 Å². The Bertz CT molecular complexity index is 391. The van der Waals surface area contributed by atoms with Crippen LogP contribution in [0.2, 0.25) is 0 Å². The molecule has 1 saturated heterocycles. The largest absolute Gasteiger partial charge is 0.342 e. The maximum Gasteiger partial charge on any atom is 0.233 e. The highest BCUT2D eigenvalue weighted by Gasteiger charge is 2.21. The van der Waals surface area contributed by atoms with Crippen LogP contribution in [-0.4, -0.2) is 39.2 Å². The number of hydrogen-bond acceptors (Lipinski definition) is 3. The second-order valence-electron chi connectivity index (χ2n) is 4.70. The molecule has 1 aromatic heterocycles. The van der Waals surface area contributed by atoms with Crippen molar-refractivity contribution in [1.82, 2.24) is 14.5 Å². The number of aromatic nitrogens is 2. The molecule has 0 unspecified atom stereocenters. The average Bonchev–Trinajstić information content (AvgIpc) is 2.72. The van der Waals surface area contributed by atoms with Gasteiger partial charge >= 0.3 is 0 Å². The molecule has 5 heteroatoms. The second kappa shape index (κ2) is 5.58. The molecule has 0 N–H and O–H groups in total. The van der Waals surface area contributed by atoms with Gasteiger partial charge in [0, 0.05) is 32.5 Å². The van der Waals surface area contributed by atoms with E-state index in [-0.39, 0.29) is 5.91 Å². The third kappa shape index (κ3) is 3.25. The minimum absolute atomic E-state index is 0.240. The molecule has 0 saturated carbocycles. The first kappa shape index (κ1) is 12.5. The Labute approximate surface area is 106 Å². The lowest BCUT2D eigenvalue weighted by Gasteiger charge is -2.30. The highest BCUT2D eigenvalue weighted by atomic mass is 32.2. The third-order valence-electron chi connectivity index (χ3n) is 3.11. The Morgan fingerprint density at radius 1 is 1.65 bits per heavy atom. The Hall–Kier alpha value is -0.970. The van der Waals surface area contributed by atoms with Gasteiger partial charge in [-0.15, -0.1) is 0 Å². The molecule has 1 aliphatic heterocycles. The number of imidazole rings is 1. The van der Waals surface area contributed by atoms with Gasteiger partial charge in [-0.2, -0.15) is 0 Å². The molecule has 1 aliphatic rings. The molecule has 17 heavy (non-hydrogen) atoms. The lowest BCUT2D eigenvalue weighted by atomic mass is 10.0. The highest BCUT2D eigenvalue weighted by molar-refractivity contribution is 7.99. The van der Waals surface area contributed by atoms with Gasteiger partial charge in [-0.3, -0.25) is 4.79 Å². The molecule has 0 aliphatic carbocycles. The number of piperidine rings is 1. The molecule has 2 rings (SSSR count). The Morgan fingerprint density at radius 3 is 3.12 bits per heavy atom. The van der Waals surface area contributed by atoms with Crippen LogP contribution in [-0.2, 0) is 11.8 Å². The fourth-order valence-electron chi connectivity index (χ4n) is 2.12. The first-order valence-corrected chi connectivity index (χ1v) is 7.03. The number of rotatable bonds is 3. The molecule has 1 fully saturated rings. The van der Waals surface area contributed by atoms with Crippen molar-refractivity contribution in [3.05, 3.63) is 12.4 Å². The molecular formula is C12H19N3OS. The number of nitrogens with zero attached hydrogens (tertiary/aromatic N) is 3. The fourth-order valence-corrected chi connectivity index (χ4v) is 2.96. The number of aryl methyl sites for hydroxylation is 1. The van der Waals surface area contributed by atoms with Crippen LogP contribution in [0, 0.1) is 5.92 Å². The van der Waals surface area contributed by atoms with Gasteiger partial charge in [0.05, 0.1) is 5.75 Å². The lowest BCUT2D eigenvalue weighted by molar-refractivity contribution is -0.130. The quantitative estimate of drug-likeness (QED) is 0.771. The van der Waals surface area contributed by atoms with E-state index in [2.05, 4.69) is 11.9 Å². The molecule has 4 nitrogen and oxygen atoms in total. The molecule has 1 amide bonds. The first-order valence-electron chi connectivity index (χ1n) is 6.04. The van der Waals surface area contributed by atoms with Gasteiger partial charge in [0.2, 0.25) is 5.91 Å². The molecule has 2 heterocycles. The minimum atomic E-state index is 0.240. The van der Waals surface area contributed by atoms with E-state index < -0.39 is 0 Å². The maximum absolute atomic E-state index is 12.0. The molecule has 0 spiro atoms. The van der Waals surface area contributed by atoms with E-state index in [1.807, 2.05) is 22.7 Å². The zero-order chi connectivity index (χ0) is 12.3. The van der Waals surface area contributed by atoms with E-state index in [1.54, 1.807) is 6.20 Å². The smallest absolute Gasteiger partial charge is 0.233 e.